The molecule has 5 nitrogen and oxygen atoms in total. The molecule has 0 aliphatic rings. The summed E-state index contributed by atoms with van der Waals surface area (Å²) in [5.41, 5.74) is 3.97. The zero-order valence-electron chi connectivity index (χ0n) is 10.4. The lowest BCUT2D eigenvalue weighted by atomic mass is 9.92. The molecule has 1 rings (SSSR count). The maximum atomic E-state index is 11.6. The Balaban J connectivity index is 3.27. The smallest absolute Gasteiger partial charge is 0.294 e. The van der Waals surface area contributed by atoms with Crippen LogP contribution in [0.5, 0.6) is 0 Å². The molecule has 0 bridgehead atoms. The van der Waals surface area contributed by atoms with E-state index in [1.54, 1.807) is 6.07 Å². The molecule has 0 heterocycles. The van der Waals surface area contributed by atoms with Crippen LogP contribution in [0.15, 0.2) is 6.07 Å². The standard InChI is InChI=1S/C12H15NO4/c1-7-5-11(6-17-13(15)16)12(10(4)14)9(3)8(7)2/h5H,6H2,1-4H3. The van der Waals surface area contributed by atoms with Gasteiger partial charge in [0.1, 0.15) is 6.61 Å². The molecule has 0 radical (unpaired) electrons. The van der Waals surface area contributed by atoms with E-state index in [0.29, 0.717) is 11.1 Å². The molecular weight excluding hydrogens is 222 g/mol. The first-order valence-corrected chi connectivity index (χ1v) is 5.22. The molecule has 5 heteroatoms. The Labute approximate surface area is 99.5 Å². The third kappa shape index (κ3) is 2.81. The first-order chi connectivity index (χ1) is 7.84. The number of nitrogens with zero attached hydrogens (tertiary/aromatic N) is 1. The predicted octanol–water partition coefficient (Wildman–Crippen LogP) is 2.52. The molecule has 0 aliphatic carbocycles. The maximum absolute atomic E-state index is 11.6. The Morgan fingerprint density at radius 3 is 2.41 bits per heavy atom. The maximum Gasteiger partial charge on any atom is 0.294 e. The highest BCUT2D eigenvalue weighted by Gasteiger charge is 2.15. The molecule has 1 aromatic rings. The molecule has 0 unspecified atom stereocenters. The van der Waals surface area contributed by atoms with E-state index in [2.05, 4.69) is 4.84 Å². The Hall–Kier alpha value is -1.91. The quantitative estimate of drug-likeness (QED) is 0.458. The summed E-state index contributed by atoms with van der Waals surface area (Å²) in [5, 5.41) is 9.34. The number of carbonyl (C=O) groups is 1. The summed E-state index contributed by atoms with van der Waals surface area (Å²) in [6.07, 6.45) is 0. The van der Waals surface area contributed by atoms with Crippen LogP contribution in [0, 0.1) is 30.9 Å². The summed E-state index contributed by atoms with van der Waals surface area (Å²) < 4.78 is 0. The number of aryl methyl sites for hydroxylation is 1. The van der Waals surface area contributed by atoms with Crippen molar-refractivity contribution >= 4 is 5.78 Å². The summed E-state index contributed by atoms with van der Waals surface area (Å²) in [6, 6.07) is 1.77. The molecule has 17 heavy (non-hydrogen) atoms. The van der Waals surface area contributed by atoms with Crippen molar-refractivity contribution in [3.63, 3.8) is 0 Å². The highest BCUT2D eigenvalue weighted by molar-refractivity contribution is 5.97. The molecule has 0 saturated carbocycles. The Morgan fingerprint density at radius 2 is 1.94 bits per heavy atom. The van der Waals surface area contributed by atoms with Crippen LogP contribution in [0.3, 0.4) is 0 Å². The zero-order chi connectivity index (χ0) is 13.2. The van der Waals surface area contributed by atoms with Crippen molar-refractivity contribution < 1.29 is 14.7 Å². The van der Waals surface area contributed by atoms with Gasteiger partial charge in [-0.2, -0.15) is 0 Å². The van der Waals surface area contributed by atoms with Crippen molar-refractivity contribution in [1.29, 1.82) is 0 Å². The second kappa shape index (κ2) is 4.95. The van der Waals surface area contributed by atoms with Crippen LogP contribution in [0.25, 0.3) is 0 Å². The minimum atomic E-state index is -0.853. The Morgan fingerprint density at radius 1 is 1.35 bits per heavy atom. The van der Waals surface area contributed by atoms with Crippen molar-refractivity contribution in [2.75, 3.05) is 0 Å². The Kier molecular flexibility index (Phi) is 3.83. The fourth-order valence-corrected chi connectivity index (χ4v) is 1.89. The number of rotatable bonds is 4. The first kappa shape index (κ1) is 13.2. The zero-order valence-corrected chi connectivity index (χ0v) is 10.4. The van der Waals surface area contributed by atoms with Gasteiger partial charge in [-0.05, 0) is 49.9 Å². The number of hydrogen-bond donors (Lipinski definition) is 0. The topological polar surface area (TPSA) is 69.4 Å². The van der Waals surface area contributed by atoms with Crippen LogP contribution in [-0.4, -0.2) is 10.9 Å². The molecule has 0 fully saturated rings. The van der Waals surface area contributed by atoms with Gasteiger partial charge in [-0.15, -0.1) is 10.1 Å². The van der Waals surface area contributed by atoms with Gasteiger partial charge in [0.25, 0.3) is 5.09 Å². The van der Waals surface area contributed by atoms with E-state index in [4.69, 9.17) is 0 Å². The van der Waals surface area contributed by atoms with Crippen molar-refractivity contribution in [2.45, 2.75) is 34.3 Å². The van der Waals surface area contributed by atoms with E-state index >= 15 is 0 Å². The van der Waals surface area contributed by atoms with Gasteiger partial charge in [0.15, 0.2) is 5.78 Å². The van der Waals surface area contributed by atoms with E-state index in [0.717, 1.165) is 16.7 Å². The highest BCUT2D eigenvalue weighted by atomic mass is 16.9. The van der Waals surface area contributed by atoms with E-state index in [-0.39, 0.29) is 12.4 Å². The lowest BCUT2D eigenvalue weighted by Gasteiger charge is -2.14. The lowest BCUT2D eigenvalue weighted by molar-refractivity contribution is -0.763. The summed E-state index contributed by atoms with van der Waals surface area (Å²) >= 11 is 0. The lowest BCUT2D eigenvalue weighted by Crippen LogP contribution is -2.09. The van der Waals surface area contributed by atoms with Gasteiger partial charge >= 0.3 is 0 Å². The molecule has 0 N–H and O–H groups in total. The minimum absolute atomic E-state index is 0.104. The van der Waals surface area contributed by atoms with E-state index < -0.39 is 5.09 Å². The Bertz CT molecular complexity index is 480. The summed E-state index contributed by atoms with van der Waals surface area (Å²) in [4.78, 5) is 26.1. The van der Waals surface area contributed by atoms with Crippen molar-refractivity contribution in [3.05, 3.63) is 44.0 Å². The van der Waals surface area contributed by atoms with Crippen LogP contribution < -0.4 is 0 Å². The van der Waals surface area contributed by atoms with Crippen LogP contribution in [0.4, 0.5) is 0 Å². The molecule has 0 spiro atoms. The van der Waals surface area contributed by atoms with E-state index in [9.17, 15) is 14.9 Å². The molecule has 1 aromatic carbocycles. The molecular formula is C12H15NO4. The highest BCUT2D eigenvalue weighted by Crippen LogP contribution is 2.23. The third-order valence-electron chi connectivity index (χ3n) is 2.92. The molecule has 0 aromatic heterocycles. The third-order valence-corrected chi connectivity index (χ3v) is 2.92. The van der Waals surface area contributed by atoms with E-state index in [1.165, 1.54) is 6.92 Å². The SMILES string of the molecule is CC(=O)c1c(CO[N+](=O)[O-])cc(C)c(C)c1C. The van der Waals surface area contributed by atoms with Gasteiger partial charge in [0, 0.05) is 5.56 Å². The molecule has 92 valence electrons. The van der Waals surface area contributed by atoms with Gasteiger partial charge in [-0.1, -0.05) is 6.07 Å². The van der Waals surface area contributed by atoms with Gasteiger partial charge < -0.3 is 4.84 Å². The number of Topliss-reactive ketones (excluding diaryl/α,β-unsaturated/α-hetero) is 1. The number of benzene rings is 1. The second-order valence-electron chi connectivity index (χ2n) is 4.03. The minimum Gasteiger partial charge on any atom is -0.309 e. The first-order valence-electron chi connectivity index (χ1n) is 5.22. The van der Waals surface area contributed by atoms with Crippen molar-refractivity contribution in [3.8, 4) is 0 Å². The largest absolute Gasteiger partial charge is 0.309 e. The fraction of sp³-hybridized carbons (Fsp3) is 0.417. The number of ketones is 1. The van der Waals surface area contributed by atoms with Crippen LogP contribution in [-0.2, 0) is 11.4 Å². The summed E-state index contributed by atoms with van der Waals surface area (Å²) in [5.74, 6) is -0.104. The van der Waals surface area contributed by atoms with Gasteiger partial charge in [0.05, 0.1) is 0 Å². The monoisotopic (exact) mass is 237 g/mol. The van der Waals surface area contributed by atoms with Crippen molar-refractivity contribution in [2.24, 2.45) is 0 Å². The second-order valence-corrected chi connectivity index (χ2v) is 4.03. The summed E-state index contributed by atoms with van der Waals surface area (Å²) in [7, 11) is 0. The molecule has 0 atom stereocenters. The van der Waals surface area contributed by atoms with Crippen molar-refractivity contribution in [1.82, 2.24) is 0 Å². The summed E-state index contributed by atoms with van der Waals surface area (Å²) in [6.45, 7) is 6.93. The van der Waals surface area contributed by atoms with Crippen LogP contribution >= 0.6 is 0 Å². The number of hydrogen-bond acceptors (Lipinski definition) is 4. The van der Waals surface area contributed by atoms with Gasteiger partial charge in [-0.3, -0.25) is 4.79 Å². The molecule has 0 saturated heterocycles. The normalized spacial score (nSPS) is 10.1. The fourth-order valence-electron chi connectivity index (χ4n) is 1.89. The van der Waals surface area contributed by atoms with Crippen LogP contribution in [0.2, 0.25) is 0 Å². The number of carbonyl (C=O) groups excluding carboxylic acids is 1. The molecule has 0 amide bonds. The van der Waals surface area contributed by atoms with Crippen LogP contribution in [0.1, 0.15) is 39.5 Å². The van der Waals surface area contributed by atoms with Gasteiger partial charge in [0.2, 0.25) is 0 Å². The average Bonchev–Trinajstić information content (AvgIpc) is 2.22. The predicted molar refractivity (Wildman–Crippen MR) is 62.4 cm³/mol. The van der Waals surface area contributed by atoms with E-state index in [1.807, 2.05) is 20.8 Å². The average molecular weight is 237 g/mol. The molecule has 0 aliphatic heterocycles. The van der Waals surface area contributed by atoms with Gasteiger partial charge in [-0.25, -0.2) is 0 Å².